The van der Waals surface area contributed by atoms with E-state index >= 15 is 0 Å². The molecule has 4 nitrogen and oxygen atoms in total. The smallest absolute Gasteiger partial charge is 0.194 e. The molecular formula is C20H19N3OS. The molecular weight excluding hydrogens is 330 g/mol. The first-order valence-corrected chi connectivity index (χ1v) is 8.93. The number of hydrogen-bond acceptors (Lipinski definition) is 4. The minimum Gasteiger partial charge on any atom is -0.293 e. The largest absolute Gasteiger partial charge is 0.293 e. The molecule has 0 spiro atoms. The molecule has 0 saturated carbocycles. The maximum absolute atomic E-state index is 12.5. The van der Waals surface area contributed by atoms with Gasteiger partial charge < -0.3 is 0 Å². The highest BCUT2D eigenvalue weighted by molar-refractivity contribution is 7.15. The molecule has 0 fully saturated rings. The molecule has 3 rings (SSSR count). The number of fused-ring (bicyclic) bond motifs is 1. The van der Waals surface area contributed by atoms with Crippen molar-refractivity contribution in [3.05, 3.63) is 53.2 Å². The minimum atomic E-state index is -0.162. The Balaban J connectivity index is 2.12. The van der Waals surface area contributed by atoms with Crippen molar-refractivity contribution < 1.29 is 4.79 Å². The zero-order chi connectivity index (χ0) is 18.0. The van der Waals surface area contributed by atoms with Gasteiger partial charge in [-0.25, -0.2) is 4.98 Å². The van der Waals surface area contributed by atoms with Crippen LogP contribution in [0.25, 0.3) is 22.3 Å². The van der Waals surface area contributed by atoms with E-state index in [9.17, 15) is 10.1 Å². The number of Topliss-reactive ketones (excluding diaryl/α,β-unsaturated/α-hetero) is 1. The molecule has 2 heterocycles. The lowest BCUT2D eigenvalue weighted by Gasteiger charge is -2.16. The topological polar surface area (TPSA) is 58.2 Å². The van der Waals surface area contributed by atoms with Gasteiger partial charge in [-0.1, -0.05) is 51.1 Å². The average molecular weight is 349 g/mol. The zero-order valence-electron chi connectivity index (χ0n) is 14.5. The summed E-state index contributed by atoms with van der Waals surface area (Å²) in [5.74, 6) is -0.140. The fraction of sp³-hybridized carbons (Fsp3) is 0.250. The molecule has 0 aliphatic rings. The van der Waals surface area contributed by atoms with E-state index in [4.69, 9.17) is 0 Å². The molecule has 0 bridgehead atoms. The molecule has 2 aromatic heterocycles. The minimum absolute atomic E-state index is 0.140. The summed E-state index contributed by atoms with van der Waals surface area (Å²) < 4.78 is 1.93. The van der Waals surface area contributed by atoms with Gasteiger partial charge in [-0.3, -0.25) is 9.20 Å². The first-order chi connectivity index (χ1) is 11.9. The number of imidazole rings is 1. The molecule has 0 N–H and O–H groups in total. The predicted molar refractivity (Wildman–Crippen MR) is 101 cm³/mol. The summed E-state index contributed by atoms with van der Waals surface area (Å²) in [4.78, 5) is 18.0. The Hall–Kier alpha value is -2.71. The fourth-order valence-corrected chi connectivity index (χ4v) is 3.36. The highest BCUT2D eigenvalue weighted by atomic mass is 32.1. The van der Waals surface area contributed by atoms with Crippen molar-refractivity contribution in [1.29, 1.82) is 5.26 Å². The normalized spacial score (nSPS) is 12.3. The van der Waals surface area contributed by atoms with Crippen LogP contribution >= 0.6 is 11.3 Å². The van der Waals surface area contributed by atoms with Crippen LogP contribution in [0.3, 0.4) is 0 Å². The van der Waals surface area contributed by atoms with E-state index < -0.39 is 0 Å². The molecule has 0 unspecified atom stereocenters. The van der Waals surface area contributed by atoms with Gasteiger partial charge in [-0.2, -0.15) is 5.26 Å². The number of benzene rings is 1. The molecule has 0 aliphatic carbocycles. The second kappa shape index (κ2) is 6.66. The van der Waals surface area contributed by atoms with E-state index in [0.29, 0.717) is 6.42 Å². The van der Waals surface area contributed by atoms with Gasteiger partial charge in [0.05, 0.1) is 17.0 Å². The van der Waals surface area contributed by atoms with Gasteiger partial charge in [0.25, 0.3) is 0 Å². The van der Waals surface area contributed by atoms with Crippen molar-refractivity contribution in [2.24, 2.45) is 5.41 Å². The first kappa shape index (κ1) is 17.1. The van der Waals surface area contributed by atoms with Gasteiger partial charge in [-0.05, 0) is 11.5 Å². The molecule has 0 amide bonds. The predicted octanol–water partition coefficient (Wildman–Crippen LogP) is 4.98. The summed E-state index contributed by atoms with van der Waals surface area (Å²) in [5.41, 5.74) is 2.51. The Bertz CT molecular complexity index is 982. The van der Waals surface area contributed by atoms with Crippen LogP contribution in [-0.2, 0) is 4.79 Å². The SMILES string of the molecule is CC(C)(C)CC(=O)C(C#N)=Cc1c(-c2ccccc2)nc2sccn12. The maximum Gasteiger partial charge on any atom is 0.194 e. The number of nitrogens with zero attached hydrogens (tertiary/aromatic N) is 3. The van der Waals surface area contributed by atoms with Crippen LogP contribution in [-0.4, -0.2) is 15.2 Å². The number of thiazole rings is 1. The quantitative estimate of drug-likeness (QED) is 0.493. The fourth-order valence-electron chi connectivity index (χ4n) is 2.64. The van der Waals surface area contributed by atoms with Crippen LogP contribution in [0.5, 0.6) is 0 Å². The standard InChI is InChI=1S/C20H19N3OS/c1-20(2,3)12-17(24)15(13-21)11-16-18(14-7-5-4-6-8-14)22-19-23(16)9-10-25-19/h4-11H,12H2,1-3H3. The second-order valence-electron chi connectivity index (χ2n) is 7.10. The number of carbonyl (C=O) groups is 1. The Morgan fingerprint density at radius 2 is 2.04 bits per heavy atom. The lowest BCUT2D eigenvalue weighted by atomic mass is 9.87. The Labute approximate surface area is 151 Å². The maximum atomic E-state index is 12.5. The van der Waals surface area contributed by atoms with Crippen molar-refractivity contribution in [1.82, 2.24) is 9.38 Å². The van der Waals surface area contributed by atoms with Crippen molar-refractivity contribution in [2.45, 2.75) is 27.2 Å². The van der Waals surface area contributed by atoms with Gasteiger partial charge in [0.2, 0.25) is 0 Å². The van der Waals surface area contributed by atoms with E-state index in [2.05, 4.69) is 11.1 Å². The Morgan fingerprint density at radius 1 is 1.32 bits per heavy atom. The molecule has 25 heavy (non-hydrogen) atoms. The average Bonchev–Trinajstić information content (AvgIpc) is 3.13. The lowest BCUT2D eigenvalue weighted by molar-refractivity contribution is -0.116. The third-order valence-corrected chi connectivity index (χ3v) is 4.50. The van der Waals surface area contributed by atoms with Crippen LogP contribution < -0.4 is 0 Å². The van der Waals surface area contributed by atoms with Crippen LogP contribution in [0.2, 0.25) is 0 Å². The molecule has 0 atom stereocenters. The summed E-state index contributed by atoms with van der Waals surface area (Å²) in [6.45, 7) is 5.97. The van der Waals surface area contributed by atoms with E-state index in [1.807, 2.05) is 67.1 Å². The monoisotopic (exact) mass is 349 g/mol. The van der Waals surface area contributed by atoms with Gasteiger partial charge >= 0.3 is 0 Å². The van der Waals surface area contributed by atoms with Crippen molar-refractivity contribution in [2.75, 3.05) is 0 Å². The van der Waals surface area contributed by atoms with Crippen LogP contribution in [0.1, 0.15) is 32.9 Å². The molecule has 0 aliphatic heterocycles. The number of carbonyl (C=O) groups excluding carboxylic acids is 1. The zero-order valence-corrected chi connectivity index (χ0v) is 15.3. The number of allylic oxidation sites excluding steroid dienone is 1. The van der Waals surface area contributed by atoms with Crippen molar-refractivity contribution >= 4 is 28.2 Å². The molecule has 0 saturated heterocycles. The summed E-state index contributed by atoms with van der Waals surface area (Å²) in [5, 5.41) is 11.5. The van der Waals surface area contributed by atoms with E-state index in [0.717, 1.165) is 21.9 Å². The molecule has 5 heteroatoms. The molecule has 126 valence electrons. The van der Waals surface area contributed by atoms with Crippen LogP contribution in [0, 0.1) is 16.7 Å². The molecule has 0 radical (unpaired) electrons. The first-order valence-electron chi connectivity index (χ1n) is 8.05. The van der Waals surface area contributed by atoms with Crippen molar-refractivity contribution in [3.63, 3.8) is 0 Å². The van der Waals surface area contributed by atoms with Gasteiger partial charge in [0, 0.05) is 23.6 Å². The highest BCUT2D eigenvalue weighted by Gasteiger charge is 2.21. The summed E-state index contributed by atoms with van der Waals surface area (Å²) in [7, 11) is 0. The summed E-state index contributed by atoms with van der Waals surface area (Å²) in [6.07, 6.45) is 3.91. The number of aromatic nitrogens is 2. The summed E-state index contributed by atoms with van der Waals surface area (Å²) in [6, 6.07) is 11.9. The van der Waals surface area contributed by atoms with Gasteiger partial charge in [0.15, 0.2) is 10.7 Å². The summed E-state index contributed by atoms with van der Waals surface area (Å²) >= 11 is 1.52. The van der Waals surface area contributed by atoms with E-state index in [1.165, 1.54) is 11.3 Å². The highest BCUT2D eigenvalue weighted by Crippen LogP contribution is 2.29. The van der Waals surface area contributed by atoms with Crippen LogP contribution in [0.4, 0.5) is 0 Å². The molecule has 1 aromatic carbocycles. The van der Waals surface area contributed by atoms with E-state index in [-0.39, 0.29) is 16.8 Å². The number of ketones is 1. The lowest BCUT2D eigenvalue weighted by Crippen LogP contribution is -2.14. The number of nitriles is 1. The van der Waals surface area contributed by atoms with Crippen molar-refractivity contribution in [3.8, 4) is 17.3 Å². The van der Waals surface area contributed by atoms with Crippen LogP contribution in [0.15, 0.2) is 47.5 Å². The van der Waals surface area contributed by atoms with Gasteiger partial charge in [0.1, 0.15) is 6.07 Å². The third-order valence-electron chi connectivity index (χ3n) is 3.74. The molecule has 3 aromatic rings. The van der Waals surface area contributed by atoms with Gasteiger partial charge in [-0.15, -0.1) is 11.3 Å². The number of hydrogen-bond donors (Lipinski definition) is 0. The second-order valence-corrected chi connectivity index (χ2v) is 7.97. The Morgan fingerprint density at radius 3 is 2.68 bits per heavy atom. The number of rotatable bonds is 4. The third kappa shape index (κ3) is 3.70. The van der Waals surface area contributed by atoms with E-state index in [1.54, 1.807) is 6.08 Å². The Kier molecular flexibility index (Phi) is 4.56.